The maximum Gasteiger partial charge on any atom is 0.573 e. The Morgan fingerprint density at radius 1 is 1.06 bits per heavy atom. The molecule has 0 saturated heterocycles. The van der Waals surface area contributed by atoms with Gasteiger partial charge < -0.3 is 15.4 Å². The normalized spacial score (nSPS) is 11.4. The molecule has 2 aromatic heterocycles. The zero-order valence-corrected chi connectivity index (χ0v) is 17.0. The molecule has 0 amide bonds. The SMILES string of the molecule is Cc1ccc2nc(Nc3ncnc(Nc4ccc(OC(F)(F)F)cc4)c3[N+](=O)[O-])sc2c1. The summed E-state index contributed by atoms with van der Waals surface area (Å²) < 4.78 is 41.6. The molecule has 2 N–H and O–H groups in total. The number of alkyl halides is 3. The Morgan fingerprint density at radius 3 is 2.41 bits per heavy atom. The van der Waals surface area contributed by atoms with E-state index in [9.17, 15) is 23.3 Å². The summed E-state index contributed by atoms with van der Waals surface area (Å²) in [4.78, 5) is 23.3. The number of rotatable bonds is 6. The Balaban J connectivity index is 1.61. The molecule has 2 aromatic carbocycles. The first-order valence-electron chi connectivity index (χ1n) is 8.94. The molecule has 0 radical (unpaired) electrons. The molecule has 4 aromatic rings. The monoisotopic (exact) mass is 462 g/mol. The van der Waals surface area contributed by atoms with Crippen LogP contribution < -0.4 is 15.4 Å². The van der Waals surface area contributed by atoms with Crippen molar-refractivity contribution in [3.63, 3.8) is 0 Å². The van der Waals surface area contributed by atoms with Gasteiger partial charge in [-0.2, -0.15) is 0 Å². The molecule has 4 rings (SSSR count). The first-order chi connectivity index (χ1) is 15.2. The summed E-state index contributed by atoms with van der Waals surface area (Å²) in [6.45, 7) is 1.95. The topological polar surface area (TPSA) is 115 Å². The second kappa shape index (κ2) is 8.26. The summed E-state index contributed by atoms with van der Waals surface area (Å²) in [7, 11) is 0. The molecule has 0 aliphatic carbocycles. The van der Waals surface area contributed by atoms with E-state index in [0.29, 0.717) is 5.13 Å². The van der Waals surface area contributed by atoms with E-state index in [4.69, 9.17) is 0 Å². The van der Waals surface area contributed by atoms with Gasteiger partial charge in [0.25, 0.3) is 0 Å². The van der Waals surface area contributed by atoms with Crippen molar-refractivity contribution in [2.75, 3.05) is 10.6 Å². The van der Waals surface area contributed by atoms with Gasteiger partial charge in [0.15, 0.2) is 5.13 Å². The van der Waals surface area contributed by atoms with Crippen LogP contribution in [0.1, 0.15) is 5.56 Å². The number of halogens is 3. The molecule has 0 bridgehead atoms. The van der Waals surface area contributed by atoms with Gasteiger partial charge in [0, 0.05) is 5.69 Å². The van der Waals surface area contributed by atoms with Crippen molar-refractivity contribution in [1.82, 2.24) is 15.0 Å². The standard InChI is InChI=1S/C19H13F3N6O3S/c1-10-2-7-13-14(8-10)32-18(26-13)27-17-15(28(29)30)16(23-9-24-17)25-11-3-5-12(6-4-11)31-19(20,21)22/h2-9H,1H3,(H2,23,24,25,26,27). The Morgan fingerprint density at radius 2 is 1.75 bits per heavy atom. The van der Waals surface area contributed by atoms with Gasteiger partial charge in [-0.25, -0.2) is 15.0 Å². The highest BCUT2D eigenvalue weighted by atomic mass is 32.1. The zero-order valence-electron chi connectivity index (χ0n) is 16.2. The third kappa shape index (κ3) is 4.83. The molecule has 0 aliphatic heterocycles. The number of nitro groups is 1. The number of hydrogen-bond acceptors (Lipinski definition) is 9. The van der Waals surface area contributed by atoms with Crippen molar-refractivity contribution in [1.29, 1.82) is 0 Å². The number of aryl methyl sites for hydroxylation is 1. The number of fused-ring (bicyclic) bond motifs is 1. The van der Waals surface area contributed by atoms with Crippen molar-refractivity contribution in [3.8, 4) is 5.75 Å². The fourth-order valence-electron chi connectivity index (χ4n) is 2.80. The summed E-state index contributed by atoms with van der Waals surface area (Å²) in [6, 6.07) is 10.4. The highest BCUT2D eigenvalue weighted by Crippen LogP contribution is 2.35. The molecule has 164 valence electrons. The number of benzene rings is 2. The fraction of sp³-hybridized carbons (Fsp3) is 0.105. The number of aromatic nitrogens is 3. The van der Waals surface area contributed by atoms with Crippen LogP contribution in [0, 0.1) is 17.0 Å². The number of ether oxygens (including phenoxy) is 1. The molecule has 32 heavy (non-hydrogen) atoms. The molecule has 13 heteroatoms. The lowest BCUT2D eigenvalue weighted by molar-refractivity contribution is -0.383. The van der Waals surface area contributed by atoms with Crippen LogP contribution in [-0.2, 0) is 0 Å². The van der Waals surface area contributed by atoms with Crippen molar-refractivity contribution in [3.05, 3.63) is 64.5 Å². The average Bonchev–Trinajstić information content (AvgIpc) is 3.09. The fourth-order valence-corrected chi connectivity index (χ4v) is 3.76. The van der Waals surface area contributed by atoms with E-state index in [-0.39, 0.29) is 17.3 Å². The van der Waals surface area contributed by atoms with E-state index in [1.807, 2.05) is 25.1 Å². The van der Waals surface area contributed by atoms with Crippen LogP contribution in [0.4, 0.5) is 41.3 Å². The molecule has 0 aliphatic rings. The first kappa shape index (κ1) is 21.2. The van der Waals surface area contributed by atoms with Gasteiger partial charge in [-0.3, -0.25) is 10.1 Å². The van der Waals surface area contributed by atoms with Crippen LogP contribution in [0.25, 0.3) is 10.2 Å². The van der Waals surface area contributed by atoms with Gasteiger partial charge in [0.05, 0.1) is 15.1 Å². The van der Waals surface area contributed by atoms with Crippen LogP contribution in [0.2, 0.25) is 0 Å². The third-order valence-electron chi connectivity index (χ3n) is 4.12. The van der Waals surface area contributed by atoms with Gasteiger partial charge in [-0.05, 0) is 48.9 Å². The summed E-state index contributed by atoms with van der Waals surface area (Å²) in [5.41, 5.74) is 1.61. The minimum atomic E-state index is -4.82. The Hall–Kier alpha value is -4.00. The van der Waals surface area contributed by atoms with E-state index in [1.165, 1.54) is 23.5 Å². The zero-order chi connectivity index (χ0) is 22.9. The maximum atomic E-state index is 12.3. The highest BCUT2D eigenvalue weighted by Gasteiger charge is 2.31. The molecule has 0 unspecified atom stereocenters. The van der Waals surface area contributed by atoms with E-state index in [2.05, 4.69) is 30.3 Å². The number of hydrogen-bond donors (Lipinski definition) is 2. The minimum absolute atomic E-state index is 0.0831. The molecular weight excluding hydrogens is 449 g/mol. The quantitative estimate of drug-likeness (QED) is 0.277. The highest BCUT2D eigenvalue weighted by molar-refractivity contribution is 7.22. The van der Waals surface area contributed by atoms with Crippen molar-refractivity contribution in [2.45, 2.75) is 13.3 Å². The lowest BCUT2D eigenvalue weighted by Gasteiger charge is -2.11. The van der Waals surface area contributed by atoms with Crippen LogP contribution in [-0.4, -0.2) is 26.2 Å². The van der Waals surface area contributed by atoms with E-state index in [1.54, 1.807) is 0 Å². The summed E-state index contributed by atoms with van der Waals surface area (Å²) >= 11 is 1.31. The van der Waals surface area contributed by atoms with Gasteiger partial charge in [-0.1, -0.05) is 17.4 Å². The average molecular weight is 462 g/mol. The van der Waals surface area contributed by atoms with Crippen LogP contribution in [0.15, 0.2) is 48.8 Å². The molecule has 9 nitrogen and oxygen atoms in total. The predicted molar refractivity (Wildman–Crippen MR) is 113 cm³/mol. The second-order valence-corrected chi connectivity index (χ2v) is 7.52. The van der Waals surface area contributed by atoms with Crippen LogP contribution in [0.5, 0.6) is 5.75 Å². The summed E-state index contributed by atoms with van der Waals surface area (Å²) in [5.74, 6) is -0.650. The predicted octanol–water partition coefficient (Wildman–Crippen LogP) is 5.69. The molecule has 2 heterocycles. The lowest BCUT2D eigenvalue weighted by atomic mass is 10.2. The third-order valence-corrected chi connectivity index (χ3v) is 5.06. The first-order valence-corrected chi connectivity index (χ1v) is 9.76. The van der Waals surface area contributed by atoms with Gasteiger partial charge >= 0.3 is 12.0 Å². The summed E-state index contributed by atoms with van der Waals surface area (Å²) in [5, 5.41) is 17.7. The number of nitrogens with zero attached hydrogens (tertiary/aromatic N) is 4. The van der Waals surface area contributed by atoms with Crippen molar-refractivity contribution >= 4 is 49.7 Å². The van der Waals surface area contributed by atoms with Crippen LogP contribution >= 0.6 is 11.3 Å². The van der Waals surface area contributed by atoms with Gasteiger partial charge in [0.1, 0.15) is 12.1 Å². The van der Waals surface area contributed by atoms with E-state index >= 15 is 0 Å². The smallest absolute Gasteiger partial charge is 0.406 e. The largest absolute Gasteiger partial charge is 0.573 e. The Bertz CT molecular complexity index is 1290. The number of nitrogens with one attached hydrogen (secondary N) is 2. The van der Waals surface area contributed by atoms with Gasteiger partial charge in [0.2, 0.25) is 11.6 Å². The number of thiazole rings is 1. The molecule has 0 saturated carbocycles. The van der Waals surface area contributed by atoms with E-state index in [0.717, 1.165) is 34.2 Å². The van der Waals surface area contributed by atoms with Crippen molar-refractivity contribution < 1.29 is 22.8 Å². The molecule has 0 atom stereocenters. The Kier molecular flexibility index (Phi) is 5.48. The van der Waals surface area contributed by atoms with Crippen molar-refractivity contribution in [2.24, 2.45) is 0 Å². The second-order valence-electron chi connectivity index (χ2n) is 6.49. The van der Waals surface area contributed by atoms with Gasteiger partial charge in [-0.15, -0.1) is 13.2 Å². The molecular formula is C19H13F3N6O3S. The number of anilines is 4. The molecule has 0 fully saturated rings. The minimum Gasteiger partial charge on any atom is -0.406 e. The Labute approximate surface area is 182 Å². The maximum absolute atomic E-state index is 12.3. The van der Waals surface area contributed by atoms with Crippen LogP contribution in [0.3, 0.4) is 0 Å². The molecule has 0 spiro atoms. The lowest BCUT2D eigenvalue weighted by Crippen LogP contribution is -2.17. The summed E-state index contributed by atoms with van der Waals surface area (Å²) in [6.07, 6.45) is -3.70. The van der Waals surface area contributed by atoms with E-state index < -0.39 is 22.7 Å².